The van der Waals surface area contributed by atoms with E-state index in [1.165, 1.54) is 21.3 Å². The third-order valence-corrected chi connectivity index (χ3v) is 5.76. The number of primary amides is 1. The quantitative estimate of drug-likeness (QED) is 0.677. The van der Waals surface area contributed by atoms with Gasteiger partial charge in [0.05, 0.1) is 26.9 Å². The lowest BCUT2D eigenvalue weighted by Crippen LogP contribution is -2.50. The second-order valence-corrected chi connectivity index (χ2v) is 8.65. The molecule has 0 bridgehead atoms. The van der Waals surface area contributed by atoms with Gasteiger partial charge < -0.3 is 29.8 Å². The lowest BCUT2D eigenvalue weighted by atomic mass is 10.1. The molecule has 0 radical (unpaired) electrons. The summed E-state index contributed by atoms with van der Waals surface area (Å²) in [5, 5.41) is 7.61. The fourth-order valence-electron chi connectivity index (χ4n) is 3.05. The van der Waals surface area contributed by atoms with Gasteiger partial charge in [-0.05, 0) is 20.8 Å². The monoisotopic (exact) mass is 442 g/mol. The molecule has 1 aromatic carbocycles. The molecule has 166 valence electrons. The highest BCUT2D eigenvalue weighted by molar-refractivity contribution is 8.01. The number of benzene rings is 1. The van der Waals surface area contributed by atoms with E-state index in [9.17, 15) is 19.5 Å². The Bertz CT molecular complexity index is 813. The maximum absolute atomic E-state index is 13.0. The van der Waals surface area contributed by atoms with Crippen molar-refractivity contribution in [2.75, 3.05) is 21.3 Å². The summed E-state index contributed by atoms with van der Waals surface area (Å²) < 4.78 is 21.6. The molecule has 10 nitrogen and oxygen atoms in total. The Morgan fingerprint density at radius 3 is 1.97 bits per heavy atom. The number of nitrogens with zero attached hydrogens (tertiary/aromatic N) is 1. The van der Waals surface area contributed by atoms with E-state index in [4.69, 9.17) is 24.7 Å². The molecule has 1 fully saturated rings. The van der Waals surface area contributed by atoms with Crippen LogP contribution >= 0.6 is 11.8 Å². The molecular formula is C19H26N2O8S. The van der Waals surface area contributed by atoms with Crippen LogP contribution < -0.4 is 19.9 Å². The van der Waals surface area contributed by atoms with Crippen LogP contribution in [0.25, 0.3) is 0 Å². The predicted octanol–water partition coefficient (Wildman–Crippen LogP) is 2.00. The van der Waals surface area contributed by atoms with Gasteiger partial charge in [-0.25, -0.2) is 9.59 Å². The number of amides is 2. The van der Waals surface area contributed by atoms with E-state index >= 15 is 0 Å². The molecule has 0 spiro atoms. The summed E-state index contributed by atoms with van der Waals surface area (Å²) in [6, 6.07) is 1.60. The van der Waals surface area contributed by atoms with Gasteiger partial charge in [0.2, 0.25) is 5.91 Å². The van der Waals surface area contributed by atoms with Crippen molar-refractivity contribution in [3.63, 3.8) is 0 Å². The van der Waals surface area contributed by atoms with Gasteiger partial charge in [0, 0.05) is 12.1 Å². The van der Waals surface area contributed by atoms with Crippen LogP contribution in [0, 0.1) is 0 Å². The molecule has 1 aliphatic heterocycles. The number of nitrogens with two attached hydrogens (primary N) is 1. The number of ether oxygens (including phenoxy) is 4. The van der Waals surface area contributed by atoms with Gasteiger partial charge in [-0.1, -0.05) is 0 Å². The second-order valence-electron chi connectivity index (χ2n) is 7.43. The number of carbonyl (C=O) groups excluding carboxylic acids is 2. The molecule has 2 rings (SSSR count). The van der Waals surface area contributed by atoms with E-state index in [1.807, 2.05) is 0 Å². The molecule has 2 amide bonds. The number of carboxylic acid groups (broad SMARTS) is 1. The summed E-state index contributed by atoms with van der Waals surface area (Å²) in [4.78, 5) is 38.1. The van der Waals surface area contributed by atoms with Crippen molar-refractivity contribution in [2.24, 2.45) is 5.73 Å². The fourth-order valence-corrected chi connectivity index (χ4v) is 4.57. The first-order valence-electron chi connectivity index (χ1n) is 8.94. The zero-order chi connectivity index (χ0) is 22.8. The number of carboxylic acids is 1. The molecule has 0 aromatic heterocycles. The molecule has 1 saturated heterocycles. The van der Waals surface area contributed by atoms with Crippen molar-refractivity contribution in [3.8, 4) is 17.2 Å². The minimum Gasteiger partial charge on any atom is -0.496 e. The van der Waals surface area contributed by atoms with Crippen molar-refractivity contribution in [3.05, 3.63) is 17.7 Å². The van der Waals surface area contributed by atoms with Crippen molar-refractivity contribution in [1.82, 2.24) is 4.90 Å². The Kier molecular flexibility index (Phi) is 6.96. The molecule has 1 aromatic rings. The lowest BCUT2D eigenvalue weighted by Gasteiger charge is -2.31. The Labute approximate surface area is 178 Å². The summed E-state index contributed by atoms with van der Waals surface area (Å²) in [5.41, 5.74) is 4.92. The van der Waals surface area contributed by atoms with E-state index in [2.05, 4.69) is 0 Å². The summed E-state index contributed by atoms with van der Waals surface area (Å²) in [5.74, 6) is -1.25. The van der Waals surface area contributed by atoms with Crippen LogP contribution in [0.3, 0.4) is 0 Å². The Hall–Kier alpha value is -2.82. The Morgan fingerprint density at radius 2 is 1.60 bits per heavy atom. The van der Waals surface area contributed by atoms with E-state index < -0.39 is 40.2 Å². The van der Waals surface area contributed by atoms with E-state index in [-0.39, 0.29) is 11.5 Å². The number of methoxy groups -OCH3 is 3. The number of hydrogen-bond donors (Lipinski definition) is 2. The predicted molar refractivity (Wildman–Crippen MR) is 109 cm³/mol. The Morgan fingerprint density at radius 1 is 1.07 bits per heavy atom. The lowest BCUT2D eigenvalue weighted by molar-refractivity contribution is -0.144. The number of aliphatic carboxylic acids is 1. The molecule has 11 heteroatoms. The van der Waals surface area contributed by atoms with Gasteiger partial charge in [-0.2, -0.15) is 0 Å². The summed E-state index contributed by atoms with van der Waals surface area (Å²) >= 11 is 0.912. The van der Waals surface area contributed by atoms with Crippen molar-refractivity contribution < 1.29 is 38.4 Å². The molecule has 1 heterocycles. The SMILES string of the molecule is COc1cc(OC)c(C2S[C@@H](C(N)=O)[C@@H](C(=O)O)N2C(=O)OC(C)(C)C)c(OC)c1. The first kappa shape index (κ1) is 23.5. The minimum atomic E-state index is -1.54. The molecule has 0 saturated carbocycles. The third kappa shape index (κ3) is 4.66. The van der Waals surface area contributed by atoms with Gasteiger partial charge in [0.15, 0.2) is 6.04 Å². The van der Waals surface area contributed by atoms with Crippen LogP contribution in [0.4, 0.5) is 4.79 Å². The van der Waals surface area contributed by atoms with Crippen LogP contribution in [-0.2, 0) is 14.3 Å². The minimum absolute atomic E-state index is 0.284. The highest BCUT2D eigenvalue weighted by Crippen LogP contribution is 2.52. The van der Waals surface area contributed by atoms with Crippen LogP contribution in [0.1, 0.15) is 31.7 Å². The second kappa shape index (κ2) is 8.90. The number of rotatable bonds is 6. The first-order chi connectivity index (χ1) is 13.9. The number of thioether (sulfide) groups is 1. The normalized spacial score (nSPS) is 21.1. The van der Waals surface area contributed by atoms with Gasteiger partial charge >= 0.3 is 12.1 Å². The van der Waals surface area contributed by atoms with Gasteiger partial charge in [0.25, 0.3) is 0 Å². The maximum Gasteiger partial charge on any atom is 0.412 e. The highest BCUT2D eigenvalue weighted by Gasteiger charge is 2.54. The van der Waals surface area contributed by atoms with Crippen molar-refractivity contribution >= 4 is 29.7 Å². The zero-order valence-corrected chi connectivity index (χ0v) is 18.4. The molecule has 30 heavy (non-hydrogen) atoms. The van der Waals surface area contributed by atoms with Crippen LogP contribution in [0.2, 0.25) is 0 Å². The fraction of sp³-hybridized carbons (Fsp3) is 0.526. The van der Waals surface area contributed by atoms with Gasteiger partial charge in [-0.15, -0.1) is 11.8 Å². The van der Waals surface area contributed by atoms with E-state index in [1.54, 1.807) is 32.9 Å². The van der Waals surface area contributed by atoms with Crippen molar-refractivity contribution in [1.29, 1.82) is 0 Å². The molecule has 3 N–H and O–H groups in total. The highest BCUT2D eigenvalue weighted by atomic mass is 32.2. The third-order valence-electron chi connectivity index (χ3n) is 4.25. The van der Waals surface area contributed by atoms with E-state index in [0.717, 1.165) is 16.7 Å². The molecule has 1 aliphatic rings. The largest absolute Gasteiger partial charge is 0.496 e. The summed E-state index contributed by atoms with van der Waals surface area (Å²) in [7, 11) is 4.29. The number of hydrogen-bond acceptors (Lipinski definition) is 8. The maximum atomic E-state index is 13.0. The van der Waals surface area contributed by atoms with Crippen LogP contribution in [0.15, 0.2) is 12.1 Å². The molecule has 1 unspecified atom stereocenters. The Balaban J connectivity index is 2.70. The van der Waals surface area contributed by atoms with E-state index in [0.29, 0.717) is 11.3 Å². The van der Waals surface area contributed by atoms with Gasteiger partial charge in [-0.3, -0.25) is 9.69 Å². The molecular weight excluding hydrogens is 416 g/mol. The number of carbonyl (C=O) groups is 3. The van der Waals surface area contributed by atoms with Gasteiger partial charge in [0.1, 0.15) is 33.5 Å². The van der Waals surface area contributed by atoms with Crippen molar-refractivity contribution in [2.45, 2.75) is 43.0 Å². The molecule has 0 aliphatic carbocycles. The first-order valence-corrected chi connectivity index (χ1v) is 9.88. The average molecular weight is 442 g/mol. The average Bonchev–Trinajstić information content (AvgIpc) is 3.06. The topological polar surface area (TPSA) is 138 Å². The summed E-state index contributed by atoms with van der Waals surface area (Å²) in [6.45, 7) is 4.96. The zero-order valence-electron chi connectivity index (χ0n) is 17.6. The smallest absolute Gasteiger partial charge is 0.412 e. The molecule has 3 atom stereocenters. The standard InChI is InChI=1S/C19H26N2O8S/c1-19(2,3)29-18(25)21-13(17(23)24)14(15(20)22)30-16(21)12-10(27-5)7-9(26-4)8-11(12)28-6/h7-8,13-14,16H,1-6H3,(H2,20,22)(H,23,24)/t13-,14+,16?/m0/s1. The summed E-state index contributed by atoms with van der Waals surface area (Å²) in [6.07, 6.45) is -0.906. The van der Waals surface area contributed by atoms with Crippen LogP contribution in [-0.4, -0.2) is 66.2 Å². The van der Waals surface area contributed by atoms with Crippen LogP contribution in [0.5, 0.6) is 17.2 Å².